The van der Waals surface area contributed by atoms with Gasteiger partial charge < -0.3 is 0 Å². The molecule has 1 N–H and O–H groups in total. The molecule has 0 saturated carbocycles. The van der Waals surface area contributed by atoms with Crippen LogP contribution in [0.5, 0.6) is 0 Å². The van der Waals surface area contributed by atoms with Crippen LogP contribution >= 0.6 is 23.2 Å². The standard InChI is InChI=1S/C18H17Cl2N3O3S/c19-14-7-9-15(10-8-14)27(25,26)23-11-3-6-17(23)18(24)22-21-12-13-4-1-2-5-16(13)20/h1-2,4-5,7-10,12,17H,3,6,11H2,(H,22,24)/b21-12-/t17-/m1/s1. The Balaban J connectivity index is 1.73. The molecular formula is C18H17Cl2N3O3S. The van der Waals surface area contributed by atoms with E-state index >= 15 is 0 Å². The molecule has 1 amide bonds. The molecule has 6 nitrogen and oxygen atoms in total. The first-order valence-corrected chi connectivity index (χ1v) is 10.4. The lowest BCUT2D eigenvalue weighted by molar-refractivity contribution is -0.124. The van der Waals surface area contributed by atoms with Crippen LogP contribution in [0.2, 0.25) is 10.0 Å². The van der Waals surface area contributed by atoms with Crippen molar-refractivity contribution in [2.75, 3.05) is 6.54 Å². The summed E-state index contributed by atoms with van der Waals surface area (Å²) in [5, 5.41) is 4.85. The Labute approximate surface area is 167 Å². The number of halogens is 2. The summed E-state index contributed by atoms with van der Waals surface area (Å²) in [5.74, 6) is -0.478. The number of hydrogen-bond donors (Lipinski definition) is 1. The molecule has 142 valence electrons. The predicted molar refractivity (Wildman–Crippen MR) is 106 cm³/mol. The lowest BCUT2D eigenvalue weighted by Gasteiger charge is -2.22. The van der Waals surface area contributed by atoms with Gasteiger partial charge in [0.1, 0.15) is 6.04 Å². The van der Waals surface area contributed by atoms with Gasteiger partial charge in [-0.15, -0.1) is 0 Å². The average Bonchev–Trinajstić information content (AvgIpc) is 3.14. The van der Waals surface area contributed by atoms with Crippen LogP contribution in [0, 0.1) is 0 Å². The van der Waals surface area contributed by atoms with Crippen LogP contribution < -0.4 is 5.43 Å². The van der Waals surface area contributed by atoms with Crippen molar-refractivity contribution in [2.24, 2.45) is 5.10 Å². The maximum atomic E-state index is 12.8. The third kappa shape index (κ3) is 4.50. The zero-order valence-electron chi connectivity index (χ0n) is 14.2. The molecule has 1 atom stereocenters. The first kappa shape index (κ1) is 19.8. The SMILES string of the molecule is O=C(N/N=C\c1ccccc1Cl)[C@H]1CCCN1S(=O)(=O)c1ccc(Cl)cc1. The third-order valence-corrected chi connectivity index (χ3v) is 6.73. The molecule has 2 aromatic rings. The minimum atomic E-state index is -3.79. The highest BCUT2D eigenvalue weighted by Crippen LogP contribution is 2.27. The minimum Gasteiger partial charge on any atom is -0.271 e. The third-order valence-electron chi connectivity index (χ3n) is 4.21. The highest BCUT2D eigenvalue weighted by atomic mass is 35.5. The summed E-state index contributed by atoms with van der Waals surface area (Å²) in [4.78, 5) is 12.6. The molecule has 1 aliphatic rings. The normalized spacial score (nSPS) is 18.1. The van der Waals surface area contributed by atoms with E-state index in [0.717, 1.165) is 0 Å². The Kier molecular flexibility index (Phi) is 6.16. The van der Waals surface area contributed by atoms with E-state index in [1.54, 1.807) is 24.3 Å². The zero-order chi connectivity index (χ0) is 19.4. The Bertz CT molecular complexity index is 962. The molecule has 0 spiro atoms. The largest absolute Gasteiger partial charge is 0.271 e. The van der Waals surface area contributed by atoms with Gasteiger partial charge in [0, 0.05) is 22.2 Å². The summed E-state index contributed by atoms with van der Waals surface area (Å²) in [6, 6.07) is 12.1. The van der Waals surface area contributed by atoms with Crippen molar-refractivity contribution in [3.8, 4) is 0 Å². The molecule has 1 aliphatic heterocycles. The summed E-state index contributed by atoms with van der Waals surface area (Å²) < 4.78 is 26.9. The molecule has 0 radical (unpaired) electrons. The maximum absolute atomic E-state index is 12.8. The molecule has 1 heterocycles. The van der Waals surface area contributed by atoms with Crippen LogP contribution in [0.4, 0.5) is 0 Å². The van der Waals surface area contributed by atoms with Crippen LogP contribution in [0.1, 0.15) is 18.4 Å². The Hall–Kier alpha value is -1.93. The quantitative estimate of drug-likeness (QED) is 0.589. The maximum Gasteiger partial charge on any atom is 0.258 e. The van der Waals surface area contributed by atoms with Crippen molar-refractivity contribution in [2.45, 2.75) is 23.8 Å². The van der Waals surface area contributed by atoms with E-state index in [9.17, 15) is 13.2 Å². The van der Waals surface area contributed by atoms with Gasteiger partial charge in [0.2, 0.25) is 10.0 Å². The van der Waals surface area contributed by atoms with E-state index in [-0.39, 0.29) is 11.4 Å². The summed E-state index contributed by atoms with van der Waals surface area (Å²) in [6.07, 6.45) is 2.45. The van der Waals surface area contributed by atoms with Crippen LogP contribution in [-0.2, 0) is 14.8 Å². The number of nitrogens with zero attached hydrogens (tertiary/aromatic N) is 2. The molecule has 1 saturated heterocycles. The summed E-state index contributed by atoms with van der Waals surface area (Å²) in [5.41, 5.74) is 3.06. The molecule has 3 rings (SSSR count). The van der Waals surface area contributed by atoms with E-state index in [1.807, 2.05) is 0 Å². The fourth-order valence-electron chi connectivity index (χ4n) is 2.85. The van der Waals surface area contributed by atoms with Crippen molar-refractivity contribution >= 4 is 45.3 Å². The van der Waals surface area contributed by atoms with Crippen LogP contribution in [0.3, 0.4) is 0 Å². The van der Waals surface area contributed by atoms with Crippen LogP contribution in [0.15, 0.2) is 58.5 Å². The second kappa shape index (κ2) is 8.39. The Morgan fingerprint density at radius 2 is 1.85 bits per heavy atom. The summed E-state index contributed by atoms with van der Waals surface area (Å²) in [6.45, 7) is 0.275. The summed E-state index contributed by atoms with van der Waals surface area (Å²) >= 11 is 11.8. The number of sulfonamides is 1. The number of hydrogen-bond acceptors (Lipinski definition) is 4. The highest BCUT2D eigenvalue weighted by Gasteiger charge is 2.39. The van der Waals surface area contributed by atoms with E-state index < -0.39 is 22.0 Å². The molecule has 2 aromatic carbocycles. The van der Waals surface area contributed by atoms with Crippen LogP contribution in [0.25, 0.3) is 0 Å². The second-order valence-corrected chi connectivity index (χ2v) is 8.72. The van der Waals surface area contributed by atoms with Crippen molar-refractivity contribution < 1.29 is 13.2 Å². The van der Waals surface area contributed by atoms with Gasteiger partial charge in [-0.1, -0.05) is 41.4 Å². The van der Waals surface area contributed by atoms with Crippen molar-refractivity contribution in [3.63, 3.8) is 0 Å². The minimum absolute atomic E-state index is 0.103. The Morgan fingerprint density at radius 3 is 2.56 bits per heavy atom. The van der Waals surface area contributed by atoms with Gasteiger partial charge in [-0.2, -0.15) is 9.41 Å². The average molecular weight is 426 g/mol. The molecule has 1 fully saturated rings. The number of nitrogens with one attached hydrogen (secondary N) is 1. The van der Waals surface area contributed by atoms with E-state index in [4.69, 9.17) is 23.2 Å². The molecule has 0 aliphatic carbocycles. The van der Waals surface area contributed by atoms with Crippen molar-refractivity contribution in [1.82, 2.24) is 9.73 Å². The van der Waals surface area contributed by atoms with Gasteiger partial charge in [-0.05, 0) is 43.2 Å². The first-order chi connectivity index (χ1) is 12.9. The van der Waals surface area contributed by atoms with Crippen molar-refractivity contribution in [3.05, 3.63) is 64.1 Å². The predicted octanol–water partition coefficient (Wildman–Crippen LogP) is 3.30. The van der Waals surface area contributed by atoms with Gasteiger partial charge in [0.15, 0.2) is 0 Å². The molecule has 0 unspecified atom stereocenters. The number of hydrazone groups is 1. The molecule has 0 bridgehead atoms. The van der Waals surface area contributed by atoms with Gasteiger partial charge >= 0.3 is 0 Å². The zero-order valence-corrected chi connectivity index (χ0v) is 16.5. The topological polar surface area (TPSA) is 78.8 Å². The summed E-state index contributed by atoms with van der Waals surface area (Å²) in [7, 11) is -3.79. The van der Waals surface area contributed by atoms with E-state index in [2.05, 4.69) is 10.5 Å². The highest BCUT2D eigenvalue weighted by molar-refractivity contribution is 7.89. The molecule has 27 heavy (non-hydrogen) atoms. The van der Waals surface area contributed by atoms with Crippen LogP contribution in [-0.4, -0.2) is 37.4 Å². The van der Waals surface area contributed by atoms with Gasteiger partial charge in [0.05, 0.1) is 11.1 Å². The number of amides is 1. The lowest BCUT2D eigenvalue weighted by Crippen LogP contribution is -2.44. The number of rotatable bonds is 5. The number of benzene rings is 2. The van der Waals surface area contributed by atoms with Gasteiger partial charge in [0.25, 0.3) is 5.91 Å². The molecular weight excluding hydrogens is 409 g/mol. The second-order valence-electron chi connectivity index (χ2n) is 5.98. The Morgan fingerprint density at radius 1 is 1.15 bits per heavy atom. The number of carbonyl (C=O) groups excluding carboxylic acids is 1. The monoisotopic (exact) mass is 425 g/mol. The number of carbonyl (C=O) groups is 1. The first-order valence-electron chi connectivity index (χ1n) is 8.24. The van der Waals surface area contributed by atoms with Gasteiger partial charge in [-0.25, -0.2) is 13.8 Å². The van der Waals surface area contributed by atoms with Crippen molar-refractivity contribution in [1.29, 1.82) is 0 Å². The molecule has 9 heteroatoms. The van der Waals surface area contributed by atoms with Gasteiger partial charge in [-0.3, -0.25) is 4.79 Å². The molecule has 0 aromatic heterocycles. The smallest absolute Gasteiger partial charge is 0.258 e. The fourth-order valence-corrected chi connectivity index (χ4v) is 4.82. The van der Waals surface area contributed by atoms with E-state index in [0.29, 0.717) is 28.5 Å². The van der Waals surface area contributed by atoms with E-state index in [1.165, 1.54) is 34.8 Å². The fraction of sp³-hybridized carbons (Fsp3) is 0.222. The lowest BCUT2D eigenvalue weighted by atomic mass is 10.2.